The number of rotatable bonds is 1. The molecular weight excluding hydrogens is 409 g/mol. The molecule has 1 aliphatic heterocycles. The molecule has 30 heavy (non-hydrogen) atoms. The lowest BCUT2D eigenvalue weighted by atomic mass is 9.70. The van der Waals surface area contributed by atoms with Crippen molar-refractivity contribution in [1.82, 2.24) is 0 Å². The minimum absolute atomic E-state index is 0.0307. The summed E-state index contributed by atoms with van der Waals surface area (Å²) in [6.45, 7) is 9.64. The van der Waals surface area contributed by atoms with Crippen molar-refractivity contribution >= 4 is 7.12 Å². The largest absolute Gasteiger partial charge is 0.490 e. The fraction of sp³-hybridized carbons (Fsp3) is 0.810. The molecule has 0 aromatic heterocycles. The van der Waals surface area contributed by atoms with Gasteiger partial charge in [-0.25, -0.2) is 0 Å². The van der Waals surface area contributed by atoms with Crippen LogP contribution >= 0.6 is 0 Å². The molecule has 2 atom stereocenters. The van der Waals surface area contributed by atoms with E-state index in [1.54, 1.807) is 12.2 Å². The van der Waals surface area contributed by atoms with Crippen LogP contribution in [0.2, 0.25) is 0 Å². The second kappa shape index (κ2) is 8.89. The molecule has 2 nitrogen and oxygen atoms in total. The highest BCUT2D eigenvalue weighted by molar-refractivity contribution is 6.54. The van der Waals surface area contributed by atoms with E-state index in [0.29, 0.717) is 12.8 Å². The fourth-order valence-corrected chi connectivity index (χ4v) is 3.62. The lowest BCUT2D eigenvalue weighted by Crippen LogP contribution is -2.41. The quantitative estimate of drug-likeness (QED) is 0.244. The first-order valence-electron chi connectivity index (χ1n) is 10.4. The number of hydrogen-bond donors (Lipinski definition) is 0. The van der Waals surface area contributed by atoms with Gasteiger partial charge in [0.25, 0.3) is 0 Å². The smallest absolute Gasteiger partial charge is 0.400 e. The Hall–Kier alpha value is -0.955. The van der Waals surface area contributed by atoms with Gasteiger partial charge in [0.2, 0.25) is 0 Å². The van der Waals surface area contributed by atoms with Crippen LogP contribution in [0.15, 0.2) is 23.2 Å². The molecule has 0 spiro atoms. The highest BCUT2D eigenvalue weighted by Gasteiger charge is 2.53. The van der Waals surface area contributed by atoms with Crippen LogP contribution in [0.4, 0.5) is 26.3 Å². The third-order valence-corrected chi connectivity index (χ3v) is 6.57. The van der Waals surface area contributed by atoms with Gasteiger partial charge in [0.05, 0.1) is 23.0 Å². The Balaban J connectivity index is 0.000000248. The molecule has 1 saturated heterocycles. The third kappa shape index (κ3) is 6.28. The summed E-state index contributed by atoms with van der Waals surface area (Å²) in [5, 5.41) is 0. The van der Waals surface area contributed by atoms with E-state index in [2.05, 4.69) is 0 Å². The van der Waals surface area contributed by atoms with Gasteiger partial charge in [0, 0.05) is 0 Å². The molecule has 2 unspecified atom stereocenters. The maximum atomic E-state index is 12.6. The average Bonchev–Trinajstić information content (AvgIpc) is 2.82. The second-order valence-corrected chi connectivity index (χ2v) is 9.44. The van der Waals surface area contributed by atoms with Crippen molar-refractivity contribution < 1.29 is 35.7 Å². The molecule has 0 radical (unpaired) electrons. The van der Waals surface area contributed by atoms with Crippen LogP contribution in [0, 0.1) is 11.8 Å². The summed E-state index contributed by atoms with van der Waals surface area (Å²) in [5.74, 6) is -2.31. The predicted octanol–water partition coefficient (Wildman–Crippen LogP) is 7.20. The molecule has 1 fully saturated rings. The molecule has 3 aliphatic rings. The number of halogens is 6. The number of alkyl halides is 6. The van der Waals surface area contributed by atoms with Crippen molar-refractivity contribution in [2.75, 3.05) is 0 Å². The lowest BCUT2D eigenvalue weighted by molar-refractivity contribution is -0.176. The van der Waals surface area contributed by atoms with Gasteiger partial charge < -0.3 is 9.31 Å². The molecule has 9 heteroatoms. The molecule has 0 bridgehead atoms. The van der Waals surface area contributed by atoms with Crippen LogP contribution in [0.1, 0.15) is 73.1 Å². The van der Waals surface area contributed by atoms with Crippen LogP contribution in [-0.4, -0.2) is 30.7 Å². The lowest BCUT2D eigenvalue weighted by Gasteiger charge is -2.32. The standard InChI is InChI=1S/C13H20BF3O2.C8H11F3/c1-11(2)12(3,4)19-14(18-11)10-7-5-9(6-8-10)13(15,16)17;1-6-2-4-7(5-3-6)8(9,10)11/h7,9H,5-6,8H2,1-4H3;2,7H,3-5H2,1H3. The Morgan fingerprint density at radius 2 is 1.23 bits per heavy atom. The highest BCUT2D eigenvalue weighted by atomic mass is 19.4. The van der Waals surface area contributed by atoms with E-state index in [0.717, 1.165) is 11.0 Å². The van der Waals surface area contributed by atoms with E-state index in [-0.39, 0.29) is 25.7 Å². The van der Waals surface area contributed by atoms with Gasteiger partial charge in [0.15, 0.2) is 0 Å². The average molecular weight is 440 g/mol. The summed E-state index contributed by atoms with van der Waals surface area (Å²) in [6, 6.07) is 0. The monoisotopic (exact) mass is 440 g/mol. The van der Waals surface area contributed by atoms with Crippen LogP contribution in [0.3, 0.4) is 0 Å². The molecule has 172 valence electrons. The van der Waals surface area contributed by atoms with Gasteiger partial charge in [-0.15, -0.1) is 0 Å². The van der Waals surface area contributed by atoms with Crippen LogP contribution in [0.25, 0.3) is 0 Å². The molecule has 0 aromatic carbocycles. The fourth-order valence-electron chi connectivity index (χ4n) is 3.62. The predicted molar refractivity (Wildman–Crippen MR) is 105 cm³/mol. The Kier molecular flexibility index (Phi) is 7.50. The maximum Gasteiger partial charge on any atom is 0.490 e. The summed E-state index contributed by atoms with van der Waals surface area (Å²) in [5.41, 5.74) is 1.04. The molecular formula is C21H31BF6O2. The van der Waals surface area contributed by atoms with Crippen molar-refractivity contribution in [1.29, 1.82) is 0 Å². The zero-order valence-corrected chi connectivity index (χ0v) is 18.2. The summed E-state index contributed by atoms with van der Waals surface area (Å²) >= 11 is 0. The zero-order valence-electron chi connectivity index (χ0n) is 18.2. The Morgan fingerprint density at radius 3 is 1.57 bits per heavy atom. The number of hydrogen-bond acceptors (Lipinski definition) is 2. The van der Waals surface area contributed by atoms with E-state index in [9.17, 15) is 26.3 Å². The molecule has 2 aliphatic carbocycles. The van der Waals surface area contributed by atoms with Crippen LogP contribution in [0.5, 0.6) is 0 Å². The first kappa shape index (κ1) is 25.3. The van der Waals surface area contributed by atoms with E-state index in [1.165, 1.54) is 0 Å². The normalized spacial score (nSPS) is 29.0. The first-order chi connectivity index (χ1) is 13.5. The van der Waals surface area contributed by atoms with Crippen molar-refractivity contribution in [3.8, 4) is 0 Å². The van der Waals surface area contributed by atoms with Gasteiger partial charge >= 0.3 is 19.5 Å². The van der Waals surface area contributed by atoms with Gasteiger partial charge in [-0.05, 0) is 78.6 Å². The van der Waals surface area contributed by atoms with Crippen molar-refractivity contribution in [2.45, 2.75) is 96.7 Å². The van der Waals surface area contributed by atoms with E-state index in [1.807, 2.05) is 34.6 Å². The SMILES string of the molecule is CC1(C)OB(C2=CCC(C(F)(F)F)CC2)OC1(C)C.CC1=CCC(C(F)(F)F)CC1. The van der Waals surface area contributed by atoms with Crippen molar-refractivity contribution in [3.05, 3.63) is 23.2 Å². The first-order valence-corrected chi connectivity index (χ1v) is 10.4. The van der Waals surface area contributed by atoms with E-state index in [4.69, 9.17) is 9.31 Å². The molecule has 1 heterocycles. The van der Waals surface area contributed by atoms with Crippen molar-refractivity contribution in [3.63, 3.8) is 0 Å². The van der Waals surface area contributed by atoms with Crippen LogP contribution in [-0.2, 0) is 9.31 Å². The zero-order chi connectivity index (χ0) is 23.0. The summed E-state index contributed by atoms with van der Waals surface area (Å²) < 4.78 is 85.6. The molecule has 3 rings (SSSR count). The Morgan fingerprint density at radius 1 is 0.800 bits per heavy atom. The number of allylic oxidation sites excluding steroid dienone is 4. The van der Waals surface area contributed by atoms with Crippen molar-refractivity contribution in [2.24, 2.45) is 11.8 Å². The van der Waals surface area contributed by atoms with Gasteiger partial charge in [-0.3, -0.25) is 0 Å². The van der Waals surface area contributed by atoms with Gasteiger partial charge in [0.1, 0.15) is 0 Å². The van der Waals surface area contributed by atoms with Gasteiger partial charge in [-0.1, -0.05) is 17.7 Å². The maximum absolute atomic E-state index is 12.6. The summed E-state index contributed by atoms with van der Waals surface area (Å²) in [6.07, 6.45) is -3.16. The third-order valence-electron chi connectivity index (χ3n) is 6.57. The minimum atomic E-state index is -4.10. The van der Waals surface area contributed by atoms with E-state index >= 15 is 0 Å². The van der Waals surface area contributed by atoms with Gasteiger partial charge in [-0.2, -0.15) is 26.3 Å². The highest BCUT2D eigenvalue weighted by Crippen LogP contribution is 2.43. The molecule has 0 aromatic rings. The van der Waals surface area contributed by atoms with E-state index < -0.39 is 42.5 Å². The molecule has 0 N–H and O–H groups in total. The summed E-state index contributed by atoms with van der Waals surface area (Å²) in [7, 11) is -0.501. The Bertz CT molecular complexity index is 647. The van der Waals surface area contributed by atoms with Crippen LogP contribution < -0.4 is 0 Å². The summed E-state index contributed by atoms with van der Waals surface area (Å²) in [4.78, 5) is 0. The second-order valence-electron chi connectivity index (χ2n) is 9.44. The molecule has 0 saturated carbocycles. The minimum Gasteiger partial charge on any atom is -0.400 e. The topological polar surface area (TPSA) is 18.5 Å². The Labute approximate surface area is 175 Å². The molecule has 0 amide bonds.